The lowest BCUT2D eigenvalue weighted by molar-refractivity contribution is -0.118. The number of rotatable bonds is 5. The first-order valence-corrected chi connectivity index (χ1v) is 8.86. The first-order chi connectivity index (χ1) is 11.9. The van der Waals surface area contributed by atoms with Crippen molar-refractivity contribution in [2.24, 2.45) is 5.14 Å². The van der Waals surface area contributed by atoms with Crippen LogP contribution in [0.2, 0.25) is 0 Å². The van der Waals surface area contributed by atoms with Crippen LogP contribution < -0.4 is 15.2 Å². The Labute approximate surface area is 144 Å². The van der Waals surface area contributed by atoms with E-state index < -0.39 is 10.0 Å². The molecule has 0 saturated carbocycles. The van der Waals surface area contributed by atoms with E-state index in [0.29, 0.717) is 11.4 Å². The average molecular weight is 357 g/mol. The number of nitrogens with zero attached hydrogens (tertiary/aromatic N) is 1. The predicted octanol–water partition coefficient (Wildman–Crippen LogP) is 1.90. The summed E-state index contributed by atoms with van der Waals surface area (Å²) in [5.74, 6) is 0.190. The summed E-state index contributed by atoms with van der Waals surface area (Å²) in [6.45, 7) is -0.178. The summed E-state index contributed by atoms with van der Waals surface area (Å²) in [7, 11) is -3.75. The van der Waals surface area contributed by atoms with Crippen LogP contribution >= 0.6 is 0 Å². The van der Waals surface area contributed by atoms with E-state index in [0.717, 1.165) is 10.8 Å². The lowest BCUT2D eigenvalue weighted by atomic mass is 10.2. The third-order valence-corrected chi connectivity index (χ3v) is 4.38. The number of primary sulfonamides is 1. The van der Waals surface area contributed by atoms with Crippen molar-refractivity contribution < 1.29 is 17.9 Å². The third-order valence-electron chi connectivity index (χ3n) is 3.45. The maximum absolute atomic E-state index is 11.9. The minimum Gasteiger partial charge on any atom is -0.484 e. The number of pyridine rings is 1. The fourth-order valence-electron chi connectivity index (χ4n) is 2.23. The van der Waals surface area contributed by atoms with Gasteiger partial charge in [-0.1, -0.05) is 6.07 Å². The molecule has 0 fully saturated rings. The maximum Gasteiger partial charge on any atom is 0.262 e. The molecule has 25 heavy (non-hydrogen) atoms. The number of nitrogens with one attached hydrogen (secondary N) is 1. The van der Waals surface area contributed by atoms with Crippen LogP contribution in [0.4, 0.5) is 5.69 Å². The molecule has 1 amide bonds. The number of carbonyl (C=O) groups is 1. The fraction of sp³-hybridized carbons (Fsp3) is 0.0588. The zero-order valence-corrected chi connectivity index (χ0v) is 13.9. The van der Waals surface area contributed by atoms with E-state index in [1.54, 1.807) is 24.5 Å². The van der Waals surface area contributed by atoms with Gasteiger partial charge < -0.3 is 10.1 Å². The number of hydrogen-bond acceptors (Lipinski definition) is 5. The number of sulfonamides is 1. The highest BCUT2D eigenvalue weighted by atomic mass is 32.2. The lowest BCUT2D eigenvalue weighted by Crippen LogP contribution is -2.20. The van der Waals surface area contributed by atoms with E-state index in [4.69, 9.17) is 9.88 Å². The van der Waals surface area contributed by atoms with Gasteiger partial charge in [0.25, 0.3) is 5.91 Å². The van der Waals surface area contributed by atoms with Crippen molar-refractivity contribution in [2.45, 2.75) is 4.90 Å². The molecule has 2 aromatic carbocycles. The van der Waals surface area contributed by atoms with Crippen LogP contribution in [0.5, 0.6) is 5.75 Å². The second-order valence-electron chi connectivity index (χ2n) is 5.29. The van der Waals surface area contributed by atoms with Gasteiger partial charge in [0, 0.05) is 23.5 Å². The number of nitrogens with two attached hydrogens (primary N) is 1. The molecule has 3 aromatic rings. The van der Waals surface area contributed by atoms with Crippen LogP contribution in [0.25, 0.3) is 10.8 Å². The topological polar surface area (TPSA) is 111 Å². The quantitative estimate of drug-likeness (QED) is 0.724. The summed E-state index contributed by atoms with van der Waals surface area (Å²) in [4.78, 5) is 16.0. The molecule has 0 radical (unpaired) electrons. The van der Waals surface area contributed by atoms with Gasteiger partial charge in [0.05, 0.1) is 4.90 Å². The Bertz CT molecular complexity index is 1020. The molecule has 0 spiro atoms. The van der Waals surface area contributed by atoms with Crippen LogP contribution in [0.1, 0.15) is 0 Å². The van der Waals surface area contributed by atoms with Crippen molar-refractivity contribution in [1.82, 2.24) is 4.98 Å². The van der Waals surface area contributed by atoms with Gasteiger partial charge in [-0.25, -0.2) is 13.6 Å². The van der Waals surface area contributed by atoms with Crippen molar-refractivity contribution in [3.8, 4) is 5.75 Å². The molecule has 3 rings (SSSR count). The van der Waals surface area contributed by atoms with Crippen LogP contribution in [-0.2, 0) is 14.8 Å². The van der Waals surface area contributed by atoms with Gasteiger partial charge in [0.2, 0.25) is 10.0 Å². The van der Waals surface area contributed by atoms with E-state index in [1.165, 1.54) is 24.3 Å². The average Bonchev–Trinajstić information content (AvgIpc) is 2.59. The number of benzene rings is 2. The fourth-order valence-corrected chi connectivity index (χ4v) is 2.74. The molecule has 0 unspecified atom stereocenters. The number of amides is 1. The van der Waals surface area contributed by atoms with E-state index in [-0.39, 0.29) is 17.4 Å². The summed E-state index contributed by atoms with van der Waals surface area (Å²) in [6, 6.07) is 12.9. The Morgan fingerprint density at radius 1 is 1.08 bits per heavy atom. The van der Waals surface area contributed by atoms with Gasteiger partial charge in [-0.2, -0.15) is 0 Å². The molecule has 0 aliphatic rings. The molecule has 0 atom stereocenters. The van der Waals surface area contributed by atoms with Gasteiger partial charge in [0.1, 0.15) is 5.75 Å². The number of carbonyl (C=O) groups excluding carboxylic acids is 1. The molecule has 0 aliphatic carbocycles. The molecule has 1 aromatic heterocycles. The first-order valence-electron chi connectivity index (χ1n) is 7.31. The Balaban J connectivity index is 1.60. The maximum atomic E-state index is 11.9. The van der Waals surface area contributed by atoms with Crippen molar-refractivity contribution in [1.29, 1.82) is 0 Å². The third kappa shape index (κ3) is 4.31. The molecule has 3 N–H and O–H groups in total. The summed E-state index contributed by atoms with van der Waals surface area (Å²) < 4.78 is 27.8. The number of hydrogen-bond donors (Lipinski definition) is 2. The Morgan fingerprint density at radius 2 is 1.84 bits per heavy atom. The molecule has 0 saturated heterocycles. The van der Waals surface area contributed by atoms with Crippen LogP contribution in [0, 0.1) is 0 Å². The summed E-state index contributed by atoms with van der Waals surface area (Å²) in [6.07, 6.45) is 3.42. The smallest absolute Gasteiger partial charge is 0.262 e. The van der Waals surface area contributed by atoms with Crippen molar-refractivity contribution >= 4 is 32.4 Å². The number of aromatic nitrogens is 1. The SMILES string of the molecule is NS(=O)(=O)c1ccc(NC(=O)COc2ccc3ccncc3c2)cc1. The number of anilines is 1. The summed E-state index contributed by atoms with van der Waals surface area (Å²) >= 11 is 0. The molecule has 0 aliphatic heterocycles. The number of fused-ring (bicyclic) bond motifs is 1. The number of ether oxygens (including phenoxy) is 1. The normalized spacial score (nSPS) is 11.2. The second-order valence-corrected chi connectivity index (χ2v) is 6.85. The highest BCUT2D eigenvalue weighted by molar-refractivity contribution is 7.89. The second kappa shape index (κ2) is 6.88. The van der Waals surface area contributed by atoms with Crippen LogP contribution in [-0.4, -0.2) is 25.9 Å². The lowest BCUT2D eigenvalue weighted by Gasteiger charge is -2.08. The molecule has 0 bridgehead atoms. The van der Waals surface area contributed by atoms with E-state index in [9.17, 15) is 13.2 Å². The minimum atomic E-state index is -3.75. The highest BCUT2D eigenvalue weighted by Gasteiger charge is 2.08. The zero-order chi connectivity index (χ0) is 17.9. The summed E-state index contributed by atoms with van der Waals surface area (Å²) in [5.41, 5.74) is 0.448. The van der Waals surface area contributed by atoms with Crippen LogP contribution in [0.3, 0.4) is 0 Å². The highest BCUT2D eigenvalue weighted by Crippen LogP contribution is 2.19. The molecule has 128 valence electrons. The van der Waals surface area contributed by atoms with E-state index in [1.807, 2.05) is 12.1 Å². The Kier molecular flexibility index (Phi) is 4.64. The van der Waals surface area contributed by atoms with Crippen molar-refractivity contribution in [3.05, 3.63) is 60.9 Å². The summed E-state index contributed by atoms with van der Waals surface area (Å²) in [5, 5.41) is 9.58. The van der Waals surface area contributed by atoms with Gasteiger partial charge in [0.15, 0.2) is 6.61 Å². The Hall–Kier alpha value is -2.97. The zero-order valence-electron chi connectivity index (χ0n) is 13.0. The largest absolute Gasteiger partial charge is 0.484 e. The minimum absolute atomic E-state index is 0.0217. The van der Waals surface area contributed by atoms with Crippen molar-refractivity contribution in [3.63, 3.8) is 0 Å². The predicted molar refractivity (Wildman–Crippen MR) is 93.7 cm³/mol. The first kappa shape index (κ1) is 16.9. The molecule has 1 heterocycles. The molecule has 8 heteroatoms. The monoisotopic (exact) mass is 357 g/mol. The van der Waals surface area contributed by atoms with Crippen molar-refractivity contribution in [2.75, 3.05) is 11.9 Å². The van der Waals surface area contributed by atoms with E-state index in [2.05, 4.69) is 10.3 Å². The standard InChI is InChI=1S/C17H15N3O4S/c18-25(22,23)16-5-2-14(3-6-16)20-17(21)11-24-15-4-1-12-7-8-19-10-13(12)9-15/h1-10H,11H2,(H,20,21)(H2,18,22,23). The molecular formula is C17H15N3O4S. The van der Waals surface area contributed by atoms with Gasteiger partial charge in [-0.3, -0.25) is 9.78 Å². The van der Waals surface area contributed by atoms with Gasteiger partial charge >= 0.3 is 0 Å². The Morgan fingerprint density at radius 3 is 2.56 bits per heavy atom. The van der Waals surface area contributed by atoms with Gasteiger partial charge in [-0.15, -0.1) is 0 Å². The van der Waals surface area contributed by atoms with E-state index >= 15 is 0 Å². The molecule has 7 nitrogen and oxygen atoms in total. The van der Waals surface area contributed by atoms with Gasteiger partial charge in [-0.05, 0) is 47.9 Å². The molecular weight excluding hydrogens is 342 g/mol. The van der Waals surface area contributed by atoms with Crippen LogP contribution in [0.15, 0.2) is 65.8 Å².